The van der Waals surface area contributed by atoms with Gasteiger partial charge < -0.3 is 14.3 Å². The predicted octanol–water partition coefficient (Wildman–Crippen LogP) is 4.31. The zero-order valence-corrected chi connectivity index (χ0v) is 25.3. The maximum Gasteiger partial charge on any atom is 0.416 e. The van der Waals surface area contributed by atoms with Crippen LogP contribution in [0.15, 0.2) is 70.4 Å². The van der Waals surface area contributed by atoms with Crippen molar-refractivity contribution in [1.82, 2.24) is 15.3 Å². The van der Waals surface area contributed by atoms with Gasteiger partial charge in [0.05, 0.1) is 56.6 Å². The summed E-state index contributed by atoms with van der Waals surface area (Å²) in [7, 11) is 5.37. The number of alkyl halides is 3. The number of allylic oxidation sites excluding steroid dienone is 1. The molecule has 0 amide bonds. The Kier molecular flexibility index (Phi) is 8.39. The maximum atomic E-state index is 13.6. The van der Waals surface area contributed by atoms with E-state index in [2.05, 4.69) is 35.7 Å². The number of hydrogen-bond donors (Lipinski definition) is 2. The monoisotopic (exact) mass is 626 g/mol. The van der Waals surface area contributed by atoms with Crippen LogP contribution >= 0.6 is 11.3 Å². The molecule has 230 valence electrons. The molecular formula is C30H31F3N7O3S+. The van der Waals surface area contributed by atoms with E-state index in [0.29, 0.717) is 35.1 Å². The summed E-state index contributed by atoms with van der Waals surface area (Å²) < 4.78 is 46.7. The lowest BCUT2D eigenvalue weighted by Gasteiger charge is -2.43. The van der Waals surface area contributed by atoms with Crippen LogP contribution < -0.4 is 10.3 Å². The van der Waals surface area contributed by atoms with Crippen LogP contribution in [-0.2, 0) is 28.7 Å². The number of methoxy groups -OCH3 is 1. The molecule has 0 saturated heterocycles. The summed E-state index contributed by atoms with van der Waals surface area (Å²) in [5, 5.41) is 28.0. The molecule has 44 heavy (non-hydrogen) atoms. The van der Waals surface area contributed by atoms with Crippen molar-refractivity contribution in [2.24, 2.45) is 5.10 Å². The predicted molar refractivity (Wildman–Crippen MR) is 157 cm³/mol. The van der Waals surface area contributed by atoms with Crippen LogP contribution in [0.4, 0.5) is 18.9 Å². The van der Waals surface area contributed by atoms with E-state index in [1.807, 2.05) is 5.38 Å². The van der Waals surface area contributed by atoms with Crippen molar-refractivity contribution in [3.63, 3.8) is 0 Å². The van der Waals surface area contributed by atoms with Crippen molar-refractivity contribution in [2.45, 2.75) is 38.5 Å². The molecule has 2 aliphatic rings. The summed E-state index contributed by atoms with van der Waals surface area (Å²) in [5.74, 6) is -0.625. The van der Waals surface area contributed by atoms with Gasteiger partial charge in [-0.15, -0.1) is 16.4 Å². The summed E-state index contributed by atoms with van der Waals surface area (Å²) >= 11 is 1.57. The fourth-order valence-electron chi connectivity index (χ4n) is 5.54. The van der Waals surface area contributed by atoms with Gasteiger partial charge in [0.2, 0.25) is 12.3 Å². The first-order valence-electron chi connectivity index (χ1n) is 13.6. The van der Waals surface area contributed by atoms with Crippen molar-refractivity contribution in [3.8, 4) is 6.07 Å². The number of nitrogens with one attached hydrogen (secondary N) is 1. The second-order valence-electron chi connectivity index (χ2n) is 11.1. The minimum absolute atomic E-state index is 0.0955. The summed E-state index contributed by atoms with van der Waals surface area (Å²) in [5.41, 5.74) is 4.00. The second kappa shape index (κ2) is 11.9. The highest BCUT2D eigenvalue weighted by atomic mass is 32.1. The van der Waals surface area contributed by atoms with Crippen LogP contribution in [0.25, 0.3) is 0 Å². The zero-order valence-electron chi connectivity index (χ0n) is 24.5. The highest BCUT2D eigenvalue weighted by Crippen LogP contribution is 2.44. The van der Waals surface area contributed by atoms with Crippen molar-refractivity contribution in [3.05, 3.63) is 92.6 Å². The van der Waals surface area contributed by atoms with Gasteiger partial charge in [-0.05, 0) is 48.4 Å². The molecule has 2 aromatic carbocycles. The van der Waals surface area contributed by atoms with Gasteiger partial charge in [0.25, 0.3) is 0 Å². The molecule has 1 unspecified atom stereocenters. The molecule has 2 atom stereocenters. The smallest absolute Gasteiger partial charge is 0.416 e. The number of aromatic nitrogens is 1. The van der Waals surface area contributed by atoms with Gasteiger partial charge in [0.1, 0.15) is 11.6 Å². The third-order valence-corrected chi connectivity index (χ3v) is 8.45. The molecule has 0 spiro atoms. The van der Waals surface area contributed by atoms with E-state index in [1.54, 1.807) is 42.7 Å². The summed E-state index contributed by atoms with van der Waals surface area (Å²) in [6, 6.07) is 11.0. The summed E-state index contributed by atoms with van der Waals surface area (Å²) in [4.78, 5) is 20.7. The lowest BCUT2D eigenvalue weighted by Crippen LogP contribution is -2.54. The standard InChI is InChI=1S/C30H31F3N7O3S/c1-18-25(27(41)43-4)26(39-28(36-37-29(39)42)38(18)22-7-5-6-21(15-22)30(31,32)33)23-9-8-19(16-34)14-20(23)10-12-40(2,3)17-24-35-11-13-44-24/h5-9,11,13-15,26,29,37,42H,10,12,17H2,1-4H3/q+1/t26-,29?/m1/s1. The molecule has 2 aliphatic heterocycles. The lowest BCUT2D eigenvalue weighted by atomic mass is 9.87. The number of nitrogens with zero attached hydrogens (tertiary/aromatic N) is 6. The number of hydrogen-bond acceptors (Lipinski definition) is 10. The number of esters is 1. The number of carbonyl (C=O) groups excluding carboxylic acids is 1. The molecule has 10 nitrogen and oxygen atoms in total. The second-order valence-corrected chi connectivity index (χ2v) is 12.1. The van der Waals surface area contributed by atoms with Crippen LogP contribution in [0.3, 0.4) is 0 Å². The summed E-state index contributed by atoms with van der Waals surface area (Å²) in [6.45, 7) is 2.95. The van der Waals surface area contributed by atoms with Gasteiger partial charge in [-0.1, -0.05) is 12.1 Å². The van der Waals surface area contributed by atoms with Gasteiger partial charge >= 0.3 is 12.1 Å². The molecule has 0 radical (unpaired) electrons. The van der Waals surface area contributed by atoms with Crippen LogP contribution in [0.1, 0.15) is 40.2 Å². The highest BCUT2D eigenvalue weighted by Gasteiger charge is 2.47. The number of nitriles is 1. The van der Waals surface area contributed by atoms with Crippen LogP contribution in [0.5, 0.6) is 0 Å². The normalized spacial score (nSPS) is 18.5. The zero-order chi connectivity index (χ0) is 31.8. The molecule has 0 aliphatic carbocycles. The van der Waals surface area contributed by atoms with E-state index in [9.17, 15) is 28.3 Å². The minimum atomic E-state index is -4.60. The topological polar surface area (TPSA) is 114 Å². The molecule has 0 fully saturated rings. The van der Waals surface area contributed by atoms with Gasteiger partial charge in [0, 0.05) is 29.4 Å². The van der Waals surface area contributed by atoms with E-state index < -0.39 is 30.1 Å². The fourth-order valence-corrected chi connectivity index (χ4v) is 6.36. The van der Waals surface area contributed by atoms with E-state index in [0.717, 1.165) is 22.7 Å². The Morgan fingerprint density at radius 2 is 2.02 bits per heavy atom. The number of quaternary nitrogens is 1. The van der Waals surface area contributed by atoms with Crippen LogP contribution in [0, 0.1) is 11.3 Å². The summed E-state index contributed by atoms with van der Waals surface area (Å²) in [6.07, 6.45) is -3.75. The van der Waals surface area contributed by atoms with E-state index in [-0.39, 0.29) is 22.9 Å². The first-order valence-corrected chi connectivity index (χ1v) is 14.5. The number of halogens is 3. The Morgan fingerprint density at radius 1 is 1.25 bits per heavy atom. The number of carbonyl (C=O) groups is 1. The van der Waals surface area contributed by atoms with Crippen molar-refractivity contribution in [2.75, 3.05) is 32.6 Å². The van der Waals surface area contributed by atoms with E-state index in [4.69, 9.17) is 4.74 Å². The maximum absolute atomic E-state index is 13.6. The molecule has 5 rings (SSSR count). The quantitative estimate of drug-likeness (QED) is 0.281. The van der Waals surface area contributed by atoms with Crippen LogP contribution in [0.2, 0.25) is 0 Å². The number of fused-ring (bicyclic) bond motifs is 1. The van der Waals surface area contributed by atoms with Gasteiger partial charge in [-0.2, -0.15) is 18.4 Å². The third-order valence-electron chi connectivity index (χ3n) is 7.69. The molecule has 3 heterocycles. The number of ether oxygens (including phenoxy) is 1. The van der Waals surface area contributed by atoms with Gasteiger partial charge in [-0.3, -0.25) is 15.2 Å². The highest BCUT2D eigenvalue weighted by molar-refractivity contribution is 7.09. The van der Waals surface area contributed by atoms with Crippen molar-refractivity contribution >= 4 is 29.0 Å². The molecule has 2 N–H and O–H groups in total. The number of anilines is 1. The van der Waals surface area contributed by atoms with Crippen LogP contribution in [-0.4, -0.2) is 65.5 Å². The largest absolute Gasteiger partial charge is 0.466 e. The number of guanidine groups is 1. The first kappa shape index (κ1) is 31.0. The number of likely N-dealkylation sites (N-methyl/N-ethyl adjacent to an activating group) is 1. The Balaban J connectivity index is 1.63. The van der Waals surface area contributed by atoms with Crippen molar-refractivity contribution in [1.29, 1.82) is 5.26 Å². The Hall–Kier alpha value is -4.45. The number of thiazole rings is 1. The molecule has 0 bridgehead atoms. The van der Waals surface area contributed by atoms with Gasteiger partial charge in [-0.25, -0.2) is 9.78 Å². The Morgan fingerprint density at radius 3 is 2.68 bits per heavy atom. The molecule has 0 saturated carbocycles. The average molecular weight is 627 g/mol. The lowest BCUT2D eigenvalue weighted by molar-refractivity contribution is -0.903. The molecule has 14 heteroatoms. The first-order chi connectivity index (χ1) is 20.8. The number of rotatable bonds is 8. The van der Waals surface area contributed by atoms with E-state index >= 15 is 0 Å². The third kappa shape index (κ3) is 5.99. The van der Waals surface area contributed by atoms with Gasteiger partial charge in [0.15, 0.2) is 0 Å². The SMILES string of the molecule is COC(=O)C1=C(C)N(c2cccc(C(F)(F)F)c2)C2=NNC(O)N2[C@@H]1c1ccc(C#N)cc1CC[N+](C)(C)Cc1nccs1. The average Bonchev–Trinajstić information content (AvgIpc) is 3.63. The minimum Gasteiger partial charge on any atom is -0.466 e. The van der Waals surface area contributed by atoms with Crippen molar-refractivity contribution < 1.29 is 32.3 Å². The van der Waals surface area contributed by atoms with E-state index in [1.165, 1.54) is 29.0 Å². The number of hydrazone groups is 1. The molecular weight excluding hydrogens is 595 g/mol. The number of benzene rings is 2. The fraction of sp³-hybridized carbons (Fsp3) is 0.333. The molecule has 3 aromatic rings. The molecule has 1 aromatic heterocycles. The Bertz CT molecular complexity index is 1660. The number of aliphatic hydroxyl groups excluding tert-OH is 1. The number of aliphatic hydroxyl groups is 1. The Labute approximate surface area is 256 Å².